The number of rotatable bonds is 5. The van der Waals surface area contributed by atoms with Crippen molar-refractivity contribution < 1.29 is 14.3 Å². The summed E-state index contributed by atoms with van der Waals surface area (Å²) in [6.07, 6.45) is 1.93. The summed E-state index contributed by atoms with van der Waals surface area (Å²) in [5, 5.41) is 0.521. The summed E-state index contributed by atoms with van der Waals surface area (Å²) < 4.78 is 13.6. The van der Waals surface area contributed by atoms with Crippen LogP contribution in [0.3, 0.4) is 0 Å². The van der Waals surface area contributed by atoms with Crippen molar-refractivity contribution in [1.29, 1.82) is 0 Å². The molecule has 3 aromatic rings. The first kappa shape index (κ1) is 20.7. The van der Waals surface area contributed by atoms with Gasteiger partial charge in [0.15, 0.2) is 0 Å². The standard InChI is InChI=1S/C22H24ClN3O4/c1-29-21(27)18(24)13-14-5-7-15(8-6-14)26-20-17(23)3-2-4-19(20)25(22(26)28)16-9-11-30-12-10-16/h2-8,16,18H,9-13,24H2,1H3. The molecule has 0 bridgehead atoms. The summed E-state index contributed by atoms with van der Waals surface area (Å²) in [6, 6.07) is 12.3. The summed E-state index contributed by atoms with van der Waals surface area (Å²) in [7, 11) is 1.32. The highest BCUT2D eigenvalue weighted by Gasteiger charge is 2.24. The number of carbonyl (C=O) groups excluding carboxylic acids is 1. The number of hydrogen-bond acceptors (Lipinski definition) is 5. The SMILES string of the molecule is COC(=O)C(N)Cc1ccc(-n2c(=O)n(C3CCOCC3)c3cccc(Cl)c32)cc1. The molecule has 1 aliphatic rings. The zero-order chi connectivity index (χ0) is 21.3. The van der Waals surface area contributed by atoms with Gasteiger partial charge in [0.1, 0.15) is 6.04 Å². The van der Waals surface area contributed by atoms with Crippen LogP contribution in [-0.2, 0) is 20.7 Å². The van der Waals surface area contributed by atoms with E-state index in [0.29, 0.717) is 35.9 Å². The molecule has 1 unspecified atom stereocenters. The topological polar surface area (TPSA) is 88.5 Å². The highest BCUT2D eigenvalue weighted by Crippen LogP contribution is 2.30. The van der Waals surface area contributed by atoms with E-state index in [9.17, 15) is 9.59 Å². The number of fused-ring (bicyclic) bond motifs is 1. The minimum atomic E-state index is -0.728. The zero-order valence-corrected chi connectivity index (χ0v) is 17.5. The van der Waals surface area contributed by atoms with E-state index in [4.69, 9.17) is 22.1 Å². The second kappa shape index (κ2) is 8.63. The Morgan fingerprint density at radius 1 is 1.23 bits per heavy atom. The number of methoxy groups -OCH3 is 1. The van der Waals surface area contributed by atoms with Crippen LogP contribution in [0.2, 0.25) is 5.02 Å². The van der Waals surface area contributed by atoms with E-state index in [0.717, 1.165) is 23.9 Å². The second-order valence-corrected chi connectivity index (χ2v) is 7.85. The first-order chi connectivity index (χ1) is 14.5. The van der Waals surface area contributed by atoms with Crippen LogP contribution in [0.5, 0.6) is 0 Å². The number of hydrogen-bond donors (Lipinski definition) is 1. The van der Waals surface area contributed by atoms with Gasteiger partial charge in [-0.3, -0.25) is 13.9 Å². The molecule has 1 aromatic heterocycles. The minimum absolute atomic E-state index is 0.0748. The smallest absolute Gasteiger partial charge is 0.334 e. The molecule has 8 heteroatoms. The van der Waals surface area contributed by atoms with Crippen LogP contribution in [0.15, 0.2) is 47.3 Å². The highest BCUT2D eigenvalue weighted by atomic mass is 35.5. The lowest BCUT2D eigenvalue weighted by Gasteiger charge is -2.23. The average molecular weight is 430 g/mol. The number of nitrogens with zero attached hydrogens (tertiary/aromatic N) is 2. The third-order valence-electron chi connectivity index (χ3n) is 5.56. The molecule has 1 atom stereocenters. The van der Waals surface area contributed by atoms with Gasteiger partial charge in [-0.2, -0.15) is 0 Å². The van der Waals surface area contributed by atoms with E-state index >= 15 is 0 Å². The summed E-state index contributed by atoms with van der Waals surface area (Å²) >= 11 is 6.52. The maximum absolute atomic E-state index is 13.5. The predicted molar refractivity (Wildman–Crippen MR) is 115 cm³/mol. The molecule has 1 saturated heterocycles. The van der Waals surface area contributed by atoms with Crippen molar-refractivity contribution in [3.8, 4) is 5.69 Å². The molecule has 1 aliphatic heterocycles. The summed E-state index contributed by atoms with van der Waals surface area (Å²) in [6.45, 7) is 1.28. The van der Waals surface area contributed by atoms with Gasteiger partial charge in [0.25, 0.3) is 0 Å². The third kappa shape index (κ3) is 3.76. The lowest BCUT2D eigenvalue weighted by molar-refractivity contribution is -0.142. The Labute approximate surface area is 178 Å². The number of para-hydroxylation sites is 1. The summed E-state index contributed by atoms with van der Waals surface area (Å²) in [4.78, 5) is 25.0. The van der Waals surface area contributed by atoms with Crippen molar-refractivity contribution in [1.82, 2.24) is 9.13 Å². The Bertz CT molecular complexity index is 1110. The van der Waals surface area contributed by atoms with Gasteiger partial charge in [0.05, 0.1) is 28.9 Å². The quantitative estimate of drug-likeness (QED) is 0.630. The molecule has 0 amide bonds. The molecule has 4 rings (SSSR count). The minimum Gasteiger partial charge on any atom is -0.468 e. The first-order valence-corrected chi connectivity index (χ1v) is 10.3. The Morgan fingerprint density at radius 2 is 1.93 bits per heavy atom. The van der Waals surface area contributed by atoms with Crippen LogP contribution in [0, 0.1) is 0 Å². The normalized spacial score (nSPS) is 16.0. The summed E-state index contributed by atoms with van der Waals surface area (Å²) in [5.74, 6) is -0.457. The highest BCUT2D eigenvalue weighted by molar-refractivity contribution is 6.35. The van der Waals surface area contributed by atoms with Crippen LogP contribution in [0.4, 0.5) is 0 Å². The lowest BCUT2D eigenvalue weighted by atomic mass is 10.1. The monoisotopic (exact) mass is 429 g/mol. The van der Waals surface area contributed by atoms with Gasteiger partial charge in [-0.1, -0.05) is 29.8 Å². The number of ether oxygens (including phenoxy) is 2. The fourth-order valence-electron chi connectivity index (χ4n) is 4.03. The van der Waals surface area contributed by atoms with Crippen LogP contribution in [0.1, 0.15) is 24.4 Å². The fraction of sp³-hybridized carbons (Fsp3) is 0.364. The lowest BCUT2D eigenvalue weighted by Crippen LogP contribution is -2.33. The van der Waals surface area contributed by atoms with Crippen molar-refractivity contribution >= 4 is 28.6 Å². The molecule has 2 N–H and O–H groups in total. The van der Waals surface area contributed by atoms with Crippen molar-refractivity contribution in [2.24, 2.45) is 5.73 Å². The molecule has 0 saturated carbocycles. The van der Waals surface area contributed by atoms with Crippen molar-refractivity contribution in [2.75, 3.05) is 20.3 Å². The van der Waals surface area contributed by atoms with Crippen LogP contribution < -0.4 is 11.4 Å². The molecule has 2 heterocycles. The molecular formula is C22H24ClN3O4. The number of benzene rings is 2. The largest absolute Gasteiger partial charge is 0.468 e. The van der Waals surface area contributed by atoms with E-state index in [1.165, 1.54) is 7.11 Å². The van der Waals surface area contributed by atoms with E-state index in [-0.39, 0.29) is 11.7 Å². The maximum Gasteiger partial charge on any atom is 0.334 e. The Balaban J connectivity index is 1.76. The van der Waals surface area contributed by atoms with Crippen LogP contribution >= 0.6 is 11.6 Å². The fourth-order valence-corrected chi connectivity index (χ4v) is 4.29. The number of nitrogens with two attached hydrogens (primary N) is 1. The molecule has 158 valence electrons. The molecular weight excluding hydrogens is 406 g/mol. The van der Waals surface area contributed by atoms with Crippen molar-refractivity contribution in [3.63, 3.8) is 0 Å². The van der Waals surface area contributed by atoms with Crippen LogP contribution in [0.25, 0.3) is 16.7 Å². The van der Waals surface area contributed by atoms with Crippen LogP contribution in [-0.4, -0.2) is 41.5 Å². The van der Waals surface area contributed by atoms with E-state index in [2.05, 4.69) is 4.74 Å². The second-order valence-electron chi connectivity index (χ2n) is 7.44. The Hall–Kier alpha value is -2.61. The Morgan fingerprint density at radius 3 is 2.60 bits per heavy atom. The molecule has 0 aliphatic carbocycles. The molecule has 1 fully saturated rings. The molecule has 2 aromatic carbocycles. The van der Waals surface area contributed by atoms with Gasteiger partial charge in [-0.05, 0) is 49.1 Å². The number of halogens is 1. The summed E-state index contributed by atoms with van der Waals surface area (Å²) in [5.41, 5.74) is 8.82. The maximum atomic E-state index is 13.5. The molecule has 30 heavy (non-hydrogen) atoms. The number of carbonyl (C=O) groups is 1. The molecule has 7 nitrogen and oxygen atoms in total. The molecule has 0 spiro atoms. The number of imidazole rings is 1. The van der Waals surface area contributed by atoms with E-state index < -0.39 is 12.0 Å². The van der Waals surface area contributed by atoms with Gasteiger partial charge in [0, 0.05) is 19.3 Å². The predicted octanol–water partition coefficient (Wildman–Crippen LogP) is 2.84. The zero-order valence-electron chi connectivity index (χ0n) is 16.7. The van der Waals surface area contributed by atoms with E-state index in [1.54, 1.807) is 10.6 Å². The van der Waals surface area contributed by atoms with Gasteiger partial charge in [-0.15, -0.1) is 0 Å². The van der Waals surface area contributed by atoms with Gasteiger partial charge in [-0.25, -0.2) is 4.79 Å². The average Bonchev–Trinajstić information content (AvgIpc) is 3.07. The number of esters is 1. The van der Waals surface area contributed by atoms with Gasteiger partial charge >= 0.3 is 11.7 Å². The van der Waals surface area contributed by atoms with Gasteiger partial charge in [0.2, 0.25) is 0 Å². The number of aromatic nitrogens is 2. The van der Waals surface area contributed by atoms with Crippen molar-refractivity contribution in [3.05, 3.63) is 63.5 Å². The third-order valence-corrected chi connectivity index (χ3v) is 5.86. The Kier molecular flexibility index (Phi) is 5.94. The van der Waals surface area contributed by atoms with Gasteiger partial charge < -0.3 is 15.2 Å². The molecule has 0 radical (unpaired) electrons. The van der Waals surface area contributed by atoms with E-state index in [1.807, 2.05) is 41.0 Å². The van der Waals surface area contributed by atoms with Crippen molar-refractivity contribution in [2.45, 2.75) is 31.3 Å². The first-order valence-electron chi connectivity index (χ1n) is 9.93.